The van der Waals surface area contributed by atoms with Crippen LogP contribution in [0.2, 0.25) is 0 Å². The zero-order valence-electron chi connectivity index (χ0n) is 16.8. The van der Waals surface area contributed by atoms with Crippen molar-refractivity contribution in [1.82, 2.24) is 4.90 Å². The van der Waals surface area contributed by atoms with Gasteiger partial charge in [0, 0.05) is 16.9 Å². The first-order chi connectivity index (χ1) is 13.8. The Kier molecular flexibility index (Phi) is 7.73. The van der Waals surface area contributed by atoms with Gasteiger partial charge in [0.05, 0.1) is 19.7 Å². The Hall–Kier alpha value is -3.39. The van der Waals surface area contributed by atoms with E-state index in [-0.39, 0.29) is 18.4 Å². The monoisotopic (exact) mass is 398 g/mol. The molecule has 8 nitrogen and oxygen atoms in total. The third kappa shape index (κ3) is 6.32. The van der Waals surface area contributed by atoms with Crippen LogP contribution in [-0.2, 0) is 9.59 Å². The van der Waals surface area contributed by atoms with Gasteiger partial charge in [-0.3, -0.25) is 19.3 Å². The van der Waals surface area contributed by atoms with Crippen molar-refractivity contribution in [2.24, 2.45) is 5.73 Å². The number of anilines is 2. The van der Waals surface area contributed by atoms with Crippen molar-refractivity contribution in [2.75, 3.05) is 30.8 Å². The van der Waals surface area contributed by atoms with Crippen molar-refractivity contribution >= 4 is 29.1 Å². The Morgan fingerprint density at radius 1 is 1.00 bits per heavy atom. The average Bonchev–Trinajstić information content (AvgIpc) is 2.72. The first kappa shape index (κ1) is 21.9. The molecular weight excluding hydrogens is 372 g/mol. The minimum atomic E-state index is -0.531. The van der Waals surface area contributed by atoms with Gasteiger partial charge in [-0.25, -0.2) is 0 Å². The summed E-state index contributed by atoms with van der Waals surface area (Å²) in [4.78, 5) is 37.8. The van der Waals surface area contributed by atoms with Gasteiger partial charge in [0.2, 0.25) is 17.7 Å². The van der Waals surface area contributed by atoms with E-state index in [1.54, 1.807) is 67.5 Å². The molecule has 3 amide bonds. The molecule has 2 aromatic rings. The van der Waals surface area contributed by atoms with E-state index in [1.165, 1.54) is 0 Å². The van der Waals surface area contributed by atoms with E-state index < -0.39 is 11.9 Å². The summed E-state index contributed by atoms with van der Waals surface area (Å²) in [5.41, 5.74) is 6.77. The van der Waals surface area contributed by atoms with E-state index in [9.17, 15) is 14.4 Å². The number of ether oxygens (including phenoxy) is 1. The maximum atomic E-state index is 12.6. The second-order valence-corrected chi connectivity index (χ2v) is 6.45. The molecule has 29 heavy (non-hydrogen) atoms. The molecule has 0 saturated heterocycles. The highest BCUT2D eigenvalue weighted by Gasteiger charge is 2.22. The van der Waals surface area contributed by atoms with Crippen LogP contribution in [0.25, 0.3) is 0 Å². The lowest BCUT2D eigenvalue weighted by Gasteiger charge is -2.26. The summed E-state index contributed by atoms with van der Waals surface area (Å²) in [5, 5.41) is 5.59. The number of methoxy groups -OCH3 is 1. The normalized spacial score (nSPS) is 11.6. The summed E-state index contributed by atoms with van der Waals surface area (Å²) in [6.07, 6.45) is 0. The summed E-state index contributed by atoms with van der Waals surface area (Å²) >= 11 is 0. The Morgan fingerprint density at radius 2 is 1.55 bits per heavy atom. The fourth-order valence-corrected chi connectivity index (χ4v) is 2.71. The molecule has 154 valence electrons. The lowest BCUT2D eigenvalue weighted by Crippen LogP contribution is -2.45. The Bertz CT molecular complexity index is 850. The molecule has 0 aliphatic rings. The third-order valence-electron chi connectivity index (χ3n) is 4.49. The van der Waals surface area contributed by atoms with Gasteiger partial charge in [0.25, 0.3) is 0 Å². The predicted molar refractivity (Wildman–Crippen MR) is 112 cm³/mol. The molecule has 0 aromatic heterocycles. The standard InChI is InChI=1S/C21H26N4O4/c1-4-25(13-19(26)23-16-9-11-18(29-3)12-10-16)14(2)21(28)24-17-7-5-15(6-8-17)20(22)27/h5-12,14H,4,13H2,1-3H3,(H2,22,27)(H,23,26)(H,24,28). The molecule has 1 atom stereocenters. The van der Waals surface area contributed by atoms with Crippen LogP contribution in [0.3, 0.4) is 0 Å². The number of primary amides is 1. The molecule has 0 bridgehead atoms. The van der Waals surface area contributed by atoms with Crippen molar-refractivity contribution in [3.63, 3.8) is 0 Å². The predicted octanol–water partition coefficient (Wildman–Crippen LogP) is 2.08. The quantitative estimate of drug-likeness (QED) is 0.598. The Morgan fingerprint density at radius 3 is 2.07 bits per heavy atom. The lowest BCUT2D eigenvalue weighted by molar-refractivity contribution is -0.123. The number of hydrogen-bond acceptors (Lipinski definition) is 5. The van der Waals surface area contributed by atoms with Gasteiger partial charge < -0.3 is 21.1 Å². The molecule has 0 saturated carbocycles. The molecule has 4 N–H and O–H groups in total. The number of carbonyl (C=O) groups excluding carboxylic acids is 3. The minimum absolute atomic E-state index is 0.0672. The SMILES string of the molecule is CCN(CC(=O)Nc1ccc(OC)cc1)C(C)C(=O)Nc1ccc(C(N)=O)cc1. The number of carbonyl (C=O) groups is 3. The van der Waals surface area contributed by atoms with Crippen LogP contribution < -0.4 is 21.1 Å². The second kappa shape index (κ2) is 10.2. The average molecular weight is 398 g/mol. The van der Waals surface area contributed by atoms with E-state index in [4.69, 9.17) is 10.5 Å². The lowest BCUT2D eigenvalue weighted by atomic mass is 10.2. The van der Waals surface area contributed by atoms with E-state index in [1.807, 2.05) is 6.92 Å². The van der Waals surface area contributed by atoms with E-state index in [2.05, 4.69) is 10.6 Å². The van der Waals surface area contributed by atoms with Gasteiger partial charge in [-0.15, -0.1) is 0 Å². The molecule has 0 aliphatic carbocycles. The maximum absolute atomic E-state index is 12.6. The van der Waals surface area contributed by atoms with Crippen LogP contribution in [0.5, 0.6) is 5.75 Å². The molecule has 0 radical (unpaired) electrons. The Balaban J connectivity index is 1.93. The first-order valence-electron chi connectivity index (χ1n) is 9.22. The van der Waals surface area contributed by atoms with E-state index >= 15 is 0 Å². The highest BCUT2D eigenvalue weighted by atomic mass is 16.5. The summed E-state index contributed by atoms with van der Waals surface area (Å²) in [5.74, 6) is -0.304. The van der Waals surface area contributed by atoms with Crippen molar-refractivity contribution < 1.29 is 19.1 Å². The molecule has 2 aromatic carbocycles. The number of hydrogen-bond donors (Lipinski definition) is 3. The second-order valence-electron chi connectivity index (χ2n) is 6.45. The molecule has 8 heteroatoms. The molecule has 2 rings (SSSR count). The number of rotatable bonds is 9. The summed E-state index contributed by atoms with van der Waals surface area (Å²) in [6.45, 7) is 4.20. The van der Waals surface area contributed by atoms with Crippen LogP contribution in [0.4, 0.5) is 11.4 Å². The maximum Gasteiger partial charge on any atom is 0.248 e. The fourth-order valence-electron chi connectivity index (χ4n) is 2.71. The van der Waals surface area contributed by atoms with Crippen LogP contribution >= 0.6 is 0 Å². The number of nitrogens with zero attached hydrogens (tertiary/aromatic N) is 1. The van der Waals surface area contributed by atoms with Gasteiger partial charge in [-0.05, 0) is 62.0 Å². The number of benzene rings is 2. The topological polar surface area (TPSA) is 114 Å². The summed E-state index contributed by atoms with van der Waals surface area (Å²) in [6, 6.07) is 12.8. The molecule has 0 heterocycles. The van der Waals surface area contributed by atoms with Gasteiger partial charge >= 0.3 is 0 Å². The van der Waals surface area contributed by atoms with Crippen LogP contribution in [-0.4, -0.2) is 48.9 Å². The minimum Gasteiger partial charge on any atom is -0.497 e. The molecular formula is C21H26N4O4. The van der Waals surface area contributed by atoms with Crippen molar-refractivity contribution in [3.8, 4) is 5.75 Å². The van der Waals surface area contributed by atoms with Crippen molar-refractivity contribution in [1.29, 1.82) is 0 Å². The molecule has 0 aliphatic heterocycles. The highest BCUT2D eigenvalue weighted by molar-refractivity contribution is 5.97. The number of nitrogens with one attached hydrogen (secondary N) is 2. The van der Waals surface area contributed by atoms with E-state index in [0.717, 1.165) is 0 Å². The zero-order chi connectivity index (χ0) is 21.4. The third-order valence-corrected chi connectivity index (χ3v) is 4.49. The summed E-state index contributed by atoms with van der Waals surface area (Å²) in [7, 11) is 1.57. The van der Waals surface area contributed by atoms with Gasteiger partial charge in [-0.2, -0.15) is 0 Å². The van der Waals surface area contributed by atoms with Crippen LogP contribution in [0, 0.1) is 0 Å². The van der Waals surface area contributed by atoms with Gasteiger partial charge in [-0.1, -0.05) is 6.92 Å². The summed E-state index contributed by atoms with van der Waals surface area (Å²) < 4.78 is 5.09. The van der Waals surface area contributed by atoms with Gasteiger partial charge in [0.15, 0.2) is 0 Å². The highest BCUT2D eigenvalue weighted by Crippen LogP contribution is 2.15. The fraction of sp³-hybridized carbons (Fsp3) is 0.286. The molecule has 0 fully saturated rings. The Labute approximate surface area is 170 Å². The number of nitrogens with two attached hydrogens (primary N) is 1. The van der Waals surface area contributed by atoms with Crippen molar-refractivity contribution in [3.05, 3.63) is 54.1 Å². The zero-order valence-corrected chi connectivity index (χ0v) is 16.8. The van der Waals surface area contributed by atoms with Crippen LogP contribution in [0.15, 0.2) is 48.5 Å². The van der Waals surface area contributed by atoms with Crippen molar-refractivity contribution in [2.45, 2.75) is 19.9 Å². The first-order valence-corrected chi connectivity index (χ1v) is 9.22. The number of likely N-dealkylation sites (N-methyl/N-ethyl adjacent to an activating group) is 1. The molecule has 0 spiro atoms. The van der Waals surface area contributed by atoms with Crippen LogP contribution in [0.1, 0.15) is 24.2 Å². The van der Waals surface area contributed by atoms with E-state index in [0.29, 0.717) is 29.2 Å². The number of amides is 3. The largest absolute Gasteiger partial charge is 0.497 e. The smallest absolute Gasteiger partial charge is 0.248 e. The van der Waals surface area contributed by atoms with Gasteiger partial charge in [0.1, 0.15) is 5.75 Å². The molecule has 1 unspecified atom stereocenters.